The number of fused-ring (bicyclic) bond motifs is 3. The Hall–Kier alpha value is -4.91. The van der Waals surface area contributed by atoms with Gasteiger partial charge in [-0.2, -0.15) is 0 Å². The highest BCUT2D eigenvalue weighted by molar-refractivity contribution is 6.31. The maximum absolute atomic E-state index is 5.71. The van der Waals surface area contributed by atoms with Crippen molar-refractivity contribution in [1.82, 2.24) is 0 Å². The highest BCUT2D eigenvalue weighted by Gasteiger charge is 2.12. The standard InChI is InChI=1S/C13H16.2C11H10.C7H7Cl.C7H8/c1-9-4-7-12-10(2)5-6-11(3)13(12)8-9;1-9-5-4-7-10-6-2-3-8-11(9)10;1-9-6-7-10-4-2-3-5-11(10)8-9;1-6-4-2-3-5-7(6)8;1-7-5-3-2-4-6-7/h4-6H,7-8H2,1-3H3;2*2-8H,1H3;2-5H,1H3;2-6H,1H3. The Labute approximate surface area is 306 Å². The predicted molar refractivity (Wildman–Crippen MR) is 222 cm³/mol. The highest BCUT2D eigenvalue weighted by Crippen LogP contribution is 2.26. The first kappa shape index (κ1) is 37.9. The minimum atomic E-state index is 0.840. The molecule has 0 atom stereocenters. The molecule has 0 fully saturated rings. The van der Waals surface area contributed by atoms with Crippen LogP contribution in [0.2, 0.25) is 5.02 Å². The molecule has 7 aromatic carbocycles. The van der Waals surface area contributed by atoms with E-state index in [1.54, 1.807) is 11.1 Å². The fourth-order valence-corrected chi connectivity index (χ4v) is 6.00. The summed E-state index contributed by atoms with van der Waals surface area (Å²) in [5.74, 6) is 0. The monoisotopic (exact) mass is 674 g/mol. The van der Waals surface area contributed by atoms with Crippen LogP contribution < -0.4 is 0 Å². The topological polar surface area (TPSA) is 0 Å². The Morgan fingerprint density at radius 1 is 0.400 bits per heavy atom. The molecule has 0 amide bonds. The summed E-state index contributed by atoms with van der Waals surface area (Å²) in [5, 5.41) is 6.17. The number of hydrogen-bond donors (Lipinski definition) is 0. The normalized spacial score (nSPS) is 11.2. The Morgan fingerprint density at radius 2 is 0.960 bits per heavy atom. The number of aryl methyl sites for hydroxylation is 6. The van der Waals surface area contributed by atoms with Gasteiger partial charge >= 0.3 is 0 Å². The van der Waals surface area contributed by atoms with Gasteiger partial charge in [0.1, 0.15) is 0 Å². The summed E-state index contributed by atoms with van der Waals surface area (Å²) in [6.07, 6.45) is 4.65. The van der Waals surface area contributed by atoms with Crippen LogP contribution >= 0.6 is 11.6 Å². The fraction of sp³-hybridized carbons (Fsp3) is 0.184. The summed E-state index contributed by atoms with van der Waals surface area (Å²) in [4.78, 5) is 0. The number of allylic oxidation sites excluding steroid dienone is 2. The Bertz CT molecular complexity index is 2100. The van der Waals surface area contributed by atoms with Gasteiger partial charge in [0.25, 0.3) is 0 Å². The molecule has 0 saturated carbocycles. The lowest BCUT2D eigenvalue weighted by atomic mass is 9.86. The zero-order valence-electron chi connectivity index (χ0n) is 30.8. The van der Waals surface area contributed by atoms with Crippen LogP contribution in [0.25, 0.3) is 21.5 Å². The molecule has 0 spiro atoms. The lowest BCUT2D eigenvalue weighted by Gasteiger charge is -2.19. The van der Waals surface area contributed by atoms with Crippen molar-refractivity contribution in [1.29, 1.82) is 0 Å². The van der Waals surface area contributed by atoms with Crippen LogP contribution in [-0.4, -0.2) is 0 Å². The second kappa shape index (κ2) is 19.3. The average molecular weight is 675 g/mol. The van der Waals surface area contributed by atoms with E-state index in [2.05, 4.69) is 157 Å². The second-order valence-electron chi connectivity index (χ2n) is 13.1. The first-order valence-electron chi connectivity index (χ1n) is 17.5. The van der Waals surface area contributed by atoms with Gasteiger partial charge in [-0.1, -0.05) is 180 Å². The van der Waals surface area contributed by atoms with E-state index in [0.717, 1.165) is 23.4 Å². The summed E-state index contributed by atoms with van der Waals surface area (Å²) in [5.41, 5.74) is 12.7. The van der Waals surface area contributed by atoms with E-state index in [1.165, 1.54) is 54.9 Å². The molecule has 50 heavy (non-hydrogen) atoms. The van der Waals surface area contributed by atoms with E-state index in [0.29, 0.717) is 0 Å². The van der Waals surface area contributed by atoms with Gasteiger partial charge in [0.05, 0.1) is 0 Å². The zero-order chi connectivity index (χ0) is 35.9. The van der Waals surface area contributed by atoms with Crippen LogP contribution in [0.15, 0.2) is 163 Å². The molecule has 0 nitrogen and oxygen atoms in total. The van der Waals surface area contributed by atoms with Crippen molar-refractivity contribution in [2.45, 2.75) is 61.3 Å². The van der Waals surface area contributed by atoms with E-state index in [1.807, 2.05) is 49.4 Å². The van der Waals surface area contributed by atoms with Gasteiger partial charge < -0.3 is 0 Å². The number of hydrogen-bond acceptors (Lipinski definition) is 0. The summed E-state index contributed by atoms with van der Waals surface area (Å²) >= 11 is 5.71. The van der Waals surface area contributed by atoms with Crippen LogP contribution in [0.1, 0.15) is 51.4 Å². The van der Waals surface area contributed by atoms with Crippen LogP contribution in [0.4, 0.5) is 0 Å². The Morgan fingerprint density at radius 3 is 1.58 bits per heavy atom. The first-order valence-corrected chi connectivity index (χ1v) is 17.9. The van der Waals surface area contributed by atoms with Gasteiger partial charge in [-0.05, 0) is 122 Å². The smallest absolute Gasteiger partial charge is 0.0435 e. The molecule has 0 unspecified atom stereocenters. The van der Waals surface area contributed by atoms with Gasteiger partial charge in [0.2, 0.25) is 0 Å². The van der Waals surface area contributed by atoms with Crippen molar-refractivity contribution >= 4 is 33.1 Å². The van der Waals surface area contributed by atoms with Crippen LogP contribution in [-0.2, 0) is 12.8 Å². The molecule has 1 aliphatic rings. The van der Waals surface area contributed by atoms with Crippen molar-refractivity contribution in [2.75, 3.05) is 0 Å². The quantitative estimate of drug-likeness (QED) is 0.140. The zero-order valence-corrected chi connectivity index (χ0v) is 31.6. The van der Waals surface area contributed by atoms with Gasteiger partial charge in [0, 0.05) is 5.02 Å². The molecule has 0 radical (unpaired) electrons. The van der Waals surface area contributed by atoms with E-state index < -0.39 is 0 Å². The SMILES string of the molecule is CC1=CCc2c(C)ccc(C)c2C1.Cc1ccc2ccccc2c1.Cc1cccc2ccccc12.Cc1ccccc1.Cc1ccccc1Cl. The molecule has 254 valence electrons. The molecule has 7 aromatic rings. The molecular formula is C49H51Cl. The Kier molecular flexibility index (Phi) is 14.6. The summed E-state index contributed by atoms with van der Waals surface area (Å²) in [6.45, 7) is 15.0. The molecule has 0 saturated heterocycles. The van der Waals surface area contributed by atoms with E-state index >= 15 is 0 Å². The minimum Gasteiger partial charge on any atom is -0.0841 e. The molecule has 0 heterocycles. The second-order valence-corrected chi connectivity index (χ2v) is 13.5. The molecule has 1 aliphatic carbocycles. The number of rotatable bonds is 0. The molecule has 0 aliphatic heterocycles. The third-order valence-electron chi connectivity index (χ3n) is 8.94. The predicted octanol–water partition coefficient (Wildman–Crippen LogP) is 14.3. The third kappa shape index (κ3) is 11.6. The fourth-order valence-electron chi connectivity index (χ4n) is 5.87. The average Bonchev–Trinajstić information content (AvgIpc) is 3.13. The van der Waals surface area contributed by atoms with Crippen molar-refractivity contribution < 1.29 is 0 Å². The molecule has 0 N–H and O–H groups in total. The first-order chi connectivity index (χ1) is 24.1. The van der Waals surface area contributed by atoms with Crippen LogP contribution in [0, 0.1) is 41.5 Å². The summed E-state index contributed by atoms with van der Waals surface area (Å²) in [6, 6.07) is 52.3. The van der Waals surface area contributed by atoms with Gasteiger partial charge in [-0.15, -0.1) is 0 Å². The van der Waals surface area contributed by atoms with Gasteiger partial charge in [-0.25, -0.2) is 0 Å². The number of halogens is 1. The van der Waals surface area contributed by atoms with Crippen molar-refractivity contribution in [3.8, 4) is 0 Å². The van der Waals surface area contributed by atoms with Crippen molar-refractivity contribution in [3.63, 3.8) is 0 Å². The van der Waals surface area contributed by atoms with Crippen LogP contribution in [0.5, 0.6) is 0 Å². The highest BCUT2D eigenvalue weighted by atomic mass is 35.5. The van der Waals surface area contributed by atoms with Gasteiger partial charge in [-0.3, -0.25) is 0 Å². The molecular weight excluding hydrogens is 624 g/mol. The molecule has 1 heteroatoms. The number of benzene rings is 7. The molecule has 8 rings (SSSR count). The van der Waals surface area contributed by atoms with E-state index in [4.69, 9.17) is 11.6 Å². The largest absolute Gasteiger partial charge is 0.0841 e. The molecule has 0 bridgehead atoms. The lowest BCUT2D eigenvalue weighted by Crippen LogP contribution is -2.05. The van der Waals surface area contributed by atoms with E-state index in [-0.39, 0.29) is 0 Å². The minimum absolute atomic E-state index is 0.840. The maximum atomic E-state index is 5.71. The summed E-state index contributed by atoms with van der Waals surface area (Å²) < 4.78 is 0. The van der Waals surface area contributed by atoms with Crippen LogP contribution in [0.3, 0.4) is 0 Å². The lowest BCUT2D eigenvalue weighted by molar-refractivity contribution is 0.986. The maximum Gasteiger partial charge on any atom is 0.0435 e. The van der Waals surface area contributed by atoms with Crippen molar-refractivity contribution in [2.24, 2.45) is 0 Å². The molecule has 0 aromatic heterocycles. The Balaban J connectivity index is 0.000000143. The van der Waals surface area contributed by atoms with E-state index in [9.17, 15) is 0 Å². The van der Waals surface area contributed by atoms with Gasteiger partial charge in [0.15, 0.2) is 0 Å². The third-order valence-corrected chi connectivity index (χ3v) is 9.36. The summed E-state index contributed by atoms with van der Waals surface area (Å²) in [7, 11) is 0. The van der Waals surface area contributed by atoms with Crippen molar-refractivity contribution in [3.05, 3.63) is 213 Å².